The number of anilines is 1. The van der Waals surface area contributed by atoms with Gasteiger partial charge in [-0.15, -0.1) is 0 Å². The average Bonchev–Trinajstić information content (AvgIpc) is 2.99. The Labute approximate surface area is 168 Å². The van der Waals surface area contributed by atoms with E-state index in [0.717, 1.165) is 5.56 Å². The van der Waals surface area contributed by atoms with E-state index >= 15 is 0 Å². The molecule has 3 aromatic carbocycles. The zero-order valence-corrected chi connectivity index (χ0v) is 15.7. The van der Waals surface area contributed by atoms with Crippen molar-refractivity contribution in [3.8, 4) is 5.75 Å². The van der Waals surface area contributed by atoms with Crippen molar-refractivity contribution in [1.82, 2.24) is 0 Å². The van der Waals surface area contributed by atoms with Crippen LogP contribution in [0.1, 0.15) is 22.7 Å². The molecule has 3 aromatic rings. The predicted molar refractivity (Wildman–Crippen MR) is 111 cm³/mol. The highest BCUT2D eigenvalue weighted by Crippen LogP contribution is 2.44. The van der Waals surface area contributed by atoms with Crippen molar-refractivity contribution in [3.05, 3.63) is 101 Å². The quantitative estimate of drug-likeness (QED) is 0.400. The molecule has 1 aliphatic heterocycles. The van der Waals surface area contributed by atoms with Gasteiger partial charge < -0.3 is 10.2 Å². The molecule has 5 nitrogen and oxygen atoms in total. The first-order valence-electron chi connectivity index (χ1n) is 9.20. The van der Waals surface area contributed by atoms with E-state index < -0.39 is 17.7 Å². The molecule has 1 saturated heterocycles. The van der Waals surface area contributed by atoms with E-state index in [-0.39, 0.29) is 22.8 Å². The number of nitrogens with zero attached hydrogens (tertiary/aromatic N) is 1. The third-order valence-corrected chi connectivity index (χ3v) is 4.99. The van der Waals surface area contributed by atoms with Gasteiger partial charge in [0.2, 0.25) is 0 Å². The first kappa shape index (κ1) is 18.5. The zero-order valence-electron chi connectivity index (χ0n) is 15.7. The number of rotatable bonds is 3. The molecular formula is C24H19NO4. The Morgan fingerprint density at radius 1 is 0.897 bits per heavy atom. The van der Waals surface area contributed by atoms with E-state index in [2.05, 4.69) is 0 Å². The fourth-order valence-electron chi connectivity index (χ4n) is 3.66. The lowest BCUT2D eigenvalue weighted by atomic mass is 9.94. The number of phenols is 1. The normalized spacial score (nSPS) is 18.2. The maximum absolute atomic E-state index is 13.0. The molecule has 1 amide bonds. The summed E-state index contributed by atoms with van der Waals surface area (Å²) < 4.78 is 0. The Hall–Kier alpha value is -3.86. The molecule has 1 unspecified atom stereocenters. The number of ketones is 1. The Morgan fingerprint density at radius 3 is 2.28 bits per heavy atom. The zero-order chi connectivity index (χ0) is 20.5. The number of hydrogen-bond donors (Lipinski definition) is 2. The standard InChI is InChI=1S/C24H19NO4/c1-15-8-7-11-17(14-15)21-20(22(27)16-9-3-2-4-10-16)23(28)24(29)25(21)18-12-5-6-13-19(18)26/h2-14,21,26-27H,1H3/b22-20-. The summed E-state index contributed by atoms with van der Waals surface area (Å²) in [6, 6.07) is 21.5. The highest BCUT2D eigenvalue weighted by molar-refractivity contribution is 6.51. The molecule has 1 aliphatic rings. The minimum atomic E-state index is -0.858. The molecule has 29 heavy (non-hydrogen) atoms. The van der Waals surface area contributed by atoms with E-state index in [4.69, 9.17) is 0 Å². The fraction of sp³-hybridized carbons (Fsp3) is 0.0833. The van der Waals surface area contributed by atoms with E-state index in [1.54, 1.807) is 54.6 Å². The smallest absolute Gasteiger partial charge is 0.300 e. The third kappa shape index (κ3) is 3.17. The van der Waals surface area contributed by atoms with Crippen molar-refractivity contribution in [2.24, 2.45) is 0 Å². The summed E-state index contributed by atoms with van der Waals surface area (Å²) in [5, 5.41) is 21.3. The average molecular weight is 385 g/mol. The van der Waals surface area contributed by atoms with Gasteiger partial charge in [-0.05, 0) is 24.6 Å². The van der Waals surface area contributed by atoms with Gasteiger partial charge in [-0.2, -0.15) is 0 Å². The monoisotopic (exact) mass is 385 g/mol. The first-order chi connectivity index (χ1) is 14.0. The molecule has 144 valence electrons. The Bertz CT molecular complexity index is 1130. The summed E-state index contributed by atoms with van der Waals surface area (Å²) >= 11 is 0. The molecule has 2 N–H and O–H groups in total. The summed E-state index contributed by atoms with van der Waals surface area (Å²) in [4.78, 5) is 27.2. The molecule has 0 spiro atoms. The van der Waals surface area contributed by atoms with Gasteiger partial charge >= 0.3 is 0 Å². The molecule has 4 rings (SSSR count). The van der Waals surface area contributed by atoms with Crippen LogP contribution in [0.4, 0.5) is 5.69 Å². The molecule has 5 heteroatoms. The van der Waals surface area contributed by atoms with Crippen LogP contribution in [0.25, 0.3) is 5.76 Å². The number of Topliss-reactive ketones (excluding diaryl/α,β-unsaturated/α-hetero) is 1. The summed E-state index contributed by atoms with van der Waals surface area (Å²) in [7, 11) is 0. The van der Waals surface area contributed by atoms with Crippen LogP contribution in [0.5, 0.6) is 5.75 Å². The number of amides is 1. The molecule has 1 heterocycles. The third-order valence-electron chi connectivity index (χ3n) is 4.99. The van der Waals surface area contributed by atoms with Crippen LogP contribution in [0.2, 0.25) is 0 Å². The van der Waals surface area contributed by atoms with E-state index in [9.17, 15) is 19.8 Å². The van der Waals surface area contributed by atoms with E-state index in [1.807, 2.05) is 25.1 Å². The predicted octanol–water partition coefficient (Wildman–Crippen LogP) is 4.33. The minimum absolute atomic E-state index is 0.00458. The van der Waals surface area contributed by atoms with Crippen molar-refractivity contribution in [3.63, 3.8) is 0 Å². The maximum atomic E-state index is 13.0. The van der Waals surface area contributed by atoms with E-state index in [1.165, 1.54) is 11.0 Å². The summed E-state index contributed by atoms with van der Waals surface area (Å²) in [5.74, 6) is -1.95. The van der Waals surface area contributed by atoms with Crippen LogP contribution >= 0.6 is 0 Å². The van der Waals surface area contributed by atoms with Gasteiger partial charge in [0.15, 0.2) is 0 Å². The molecule has 1 atom stereocenters. The lowest BCUT2D eigenvalue weighted by Crippen LogP contribution is -2.29. The van der Waals surface area contributed by atoms with Crippen LogP contribution in [-0.2, 0) is 9.59 Å². The number of aryl methyl sites for hydroxylation is 1. The van der Waals surface area contributed by atoms with Crippen molar-refractivity contribution >= 4 is 23.1 Å². The fourth-order valence-corrected chi connectivity index (χ4v) is 3.66. The topological polar surface area (TPSA) is 77.8 Å². The van der Waals surface area contributed by atoms with Gasteiger partial charge in [0, 0.05) is 5.56 Å². The number of hydrogen-bond acceptors (Lipinski definition) is 4. The molecule has 0 saturated carbocycles. The highest BCUT2D eigenvalue weighted by Gasteiger charge is 2.47. The minimum Gasteiger partial charge on any atom is -0.507 e. The number of phenolic OH excluding ortho intramolecular Hbond substituents is 1. The molecule has 0 aliphatic carbocycles. The number of aliphatic hydroxyl groups is 1. The number of carbonyl (C=O) groups excluding carboxylic acids is 2. The molecule has 1 fully saturated rings. The summed E-state index contributed by atoms with van der Waals surface area (Å²) in [6.07, 6.45) is 0. The van der Waals surface area contributed by atoms with Crippen LogP contribution in [-0.4, -0.2) is 21.9 Å². The molecule has 0 aromatic heterocycles. The van der Waals surface area contributed by atoms with Crippen molar-refractivity contribution in [2.75, 3.05) is 4.90 Å². The Morgan fingerprint density at radius 2 is 1.59 bits per heavy atom. The number of benzene rings is 3. The van der Waals surface area contributed by atoms with Gasteiger partial charge in [0.05, 0.1) is 17.3 Å². The van der Waals surface area contributed by atoms with Crippen LogP contribution in [0.15, 0.2) is 84.4 Å². The van der Waals surface area contributed by atoms with Gasteiger partial charge in [0.1, 0.15) is 11.5 Å². The lowest BCUT2D eigenvalue weighted by molar-refractivity contribution is -0.132. The van der Waals surface area contributed by atoms with Gasteiger partial charge in [-0.1, -0.05) is 72.3 Å². The first-order valence-corrected chi connectivity index (χ1v) is 9.20. The van der Waals surface area contributed by atoms with Crippen LogP contribution in [0.3, 0.4) is 0 Å². The highest BCUT2D eigenvalue weighted by atomic mass is 16.3. The summed E-state index contributed by atoms with van der Waals surface area (Å²) in [5.41, 5.74) is 2.28. The van der Waals surface area contributed by atoms with E-state index in [0.29, 0.717) is 11.1 Å². The second-order valence-electron chi connectivity index (χ2n) is 6.94. The van der Waals surface area contributed by atoms with Crippen molar-refractivity contribution in [2.45, 2.75) is 13.0 Å². The summed E-state index contributed by atoms with van der Waals surface area (Å²) in [6.45, 7) is 1.91. The van der Waals surface area contributed by atoms with Crippen molar-refractivity contribution < 1.29 is 19.8 Å². The van der Waals surface area contributed by atoms with Gasteiger partial charge in [-0.25, -0.2) is 0 Å². The van der Waals surface area contributed by atoms with Crippen LogP contribution in [0, 0.1) is 6.92 Å². The number of aliphatic hydroxyl groups excluding tert-OH is 1. The molecular weight excluding hydrogens is 366 g/mol. The van der Waals surface area contributed by atoms with Gasteiger partial charge in [0.25, 0.3) is 11.7 Å². The number of para-hydroxylation sites is 2. The number of carbonyl (C=O) groups is 2. The molecule has 0 bridgehead atoms. The van der Waals surface area contributed by atoms with Crippen molar-refractivity contribution in [1.29, 1.82) is 0 Å². The number of aromatic hydroxyl groups is 1. The lowest BCUT2D eigenvalue weighted by Gasteiger charge is -2.26. The molecule has 0 radical (unpaired) electrons. The Kier molecular flexibility index (Phi) is 4.64. The SMILES string of the molecule is Cc1cccc(C2/C(=C(/O)c3ccccc3)C(=O)C(=O)N2c2ccccc2O)c1. The second-order valence-corrected chi connectivity index (χ2v) is 6.94. The largest absolute Gasteiger partial charge is 0.507 e. The van der Waals surface area contributed by atoms with Gasteiger partial charge in [-0.3, -0.25) is 14.5 Å². The Balaban J connectivity index is 1.99. The second kappa shape index (κ2) is 7.28. The van der Waals surface area contributed by atoms with Crippen LogP contribution < -0.4 is 4.90 Å². The maximum Gasteiger partial charge on any atom is 0.300 e.